The van der Waals surface area contributed by atoms with Crippen LogP contribution in [0.1, 0.15) is 21.7 Å². The number of fused-ring (bicyclic) bond motifs is 1. The molecule has 0 bridgehead atoms. The van der Waals surface area contributed by atoms with E-state index in [1.807, 2.05) is 0 Å². The Morgan fingerprint density at radius 2 is 2.04 bits per heavy atom. The van der Waals surface area contributed by atoms with Gasteiger partial charge >= 0.3 is 5.51 Å². The molecule has 2 heterocycles. The minimum absolute atomic E-state index is 0. The largest absolute Gasteiger partial charge is 0.446 e. The molecular weight excluding hydrogens is 365 g/mol. The van der Waals surface area contributed by atoms with Crippen LogP contribution in [0.25, 0.3) is 0 Å². The molecule has 0 aliphatic carbocycles. The zero-order valence-electron chi connectivity index (χ0n) is 12.2. The number of thioether (sulfide) groups is 1. The van der Waals surface area contributed by atoms with Crippen LogP contribution in [0, 0.1) is 0 Å². The molecule has 0 saturated carbocycles. The summed E-state index contributed by atoms with van der Waals surface area (Å²) in [6.45, 7) is 1.30. The van der Waals surface area contributed by atoms with Crippen molar-refractivity contribution in [3.05, 3.63) is 41.2 Å². The number of hydrogen-bond donors (Lipinski definition) is 3. The van der Waals surface area contributed by atoms with E-state index in [9.17, 15) is 18.0 Å². The van der Waals surface area contributed by atoms with Crippen molar-refractivity contribution < 1.29 is 18.0 Å². The molecule has 1 aliphatic rings. The first kappa shape index (κ1) is 18.6. The van der Waals surface area contributed by atoms with Gasteiger partial charge in [0.25, 0.3) is 5.91 Å². The van der Waals surface area contributed by atoms with E-state index in [1.54, 1.807) is 6.07 Å². The maximum Gasteiger partial charge on any atom is 0.446 e. The predicted molar refractivity (Wildman–Crippen MR) is 87.6 cm³/mol. The molecule has 1 aromatic heterocycles. The van der Waals surface area contributed by atoms with E-state index in [-0.39, 0.29) is 40.4 Å². The SMILES string of the molecule is Cl.O=C(Nc1ccccc1SC(F)(F)F)c1n[nH]c2c1CNCC2. The number of carbonyl (C=O) groups is 1. The van der Waals surface area contributed by atoms with Crippen LogP contribution in [0.5, 0.6) is 0 Å². The second-order valence-electron chi connectivity index (χ2n) is 4.95. The first-order chi connectivity index (χ1) is 10.9. The van der Waals surface area contributed by atoms with Crippen LogP contribution in [0.4, 0.5) is 18.9 Å². The van der Waals surface area contributed by atoms with Crippen LogP contribution < -0.4 is 10.6 Å². The molecule has 3 N–H and O–H groups in total. The van der Waals surface area contributed by atoms with E-state index < -0.39 is 11.4 Å². The number of carbonyl (C=O) groups excluding carboxylic acids is 1. The number of nitrogens with zero attached hydrogens (tertiary/aromatic N) is 1. The quantitative estimate of drug-likeness (QED) is 0.716. The number of nitrogens with one attached hydrogen (secondary N) is 3. The molecule has 130 valence electrons. The Morgan fingerprint density at radius 3 is 2.79 bits per heavy atom. The molecule has 2 aromatic rings. The molecule has 0 spiro atoms. The molecule has 1 amide bonds. The fraction of sp³-hybridized carbons (Fsp3) is 0.286. The third kappa shape index (κ3) is 4.22. The molecule has 5 nitrogen and oxygen atoms in total. The van der Waals surface area contributed by atoms with Crippen LogP contribution in [0.2, 0.25) is 0 Å². The number of aromatic amines is 1. The standard InChI is InChI=1S/C14H13F3N4OS.ClH/c15-14(16,17)23-11-4-2-1-3-10(11)19-13(22)12-8-7-18-6-5-9(8)20-21-12;/h1-4,18H,5-7H2,(H,19,22)(H,20,21);1H. The maximum atomic E-state index is 12.6. The summed E-state index contributed by atoms with van der Waals surface area (Å²) < 4.78 is 37.7. The van der Waals surface area contributed by atoms with Crippen molar-refractivity contribution >= 4 is 35.8 Å². The van der Waals surface area contributed by atoms with E-state index in [0.717, 1.165) is 24.2 Å². The minimum atomic E-state index is -4.42. The van der Waals surface area contributed by atoms with Crippen LogP contribution in [-0.2, 0) is 13.0 Å². The van der Waals surface area contributed by atoms with Crippen molar-refractivity contribution in [2.75, 3.05) is 11.9 Å². The lowest BCUT2D eigenvalue weighted by molar-refractivity contribution is -0.0328. The van der Waals surface area contributed by atoms with Crippen LogP contribution >= 0.6 is 24.2 Å². The van der Waals surface area contributed by atoms with E-state index in [1.165, 1.54) is 18.2 Å². The summed E-state index contributed by atoms with van der Waals surface area (Å²) in [5.74, 6) is -0.526. The van der Waals surface area contributed by atoms with Gasteiger partial charge < -0.3 is 10.6 Å². The highest BCUT2D eigenvalue weighted by Crippen LogP contribution is 2.40. The Bertz CT molecular complexity index is 735. The van der Waals surface area contributed by atoms with Gasteiger partial charge in [-0.05, 0) is 23.9 Å². The molecule has 0 radical (unpaired) electrons. The fourth-order valence-electron chi connectivity index (χ4n) is 2.38. The van der Waals surface area contributed by atoms with E-state index >= 15 is 0 Å². The lowest BCUT2D eigenvalue weighted by Gasteiger charge is -2.14. The number of hydrogen-bond acceptors (Lipinski definition) is 4. The highest BCUT2D eigenvalue weighted by atomic mass is 35.5. The van der Waals surface area contributed by atoms with Gasteiger partial charge in [-0.3, -0.25) is 9.89 Å². The number of para-hydroxylation sites is 1. The van der Waals surface area contributed by atoms with Gasteiger partial charge in [0.15, 0.2) is 5.69 Å². The predicted octanol–water partition coefficient (Wildman–Crippen LogP) is 3.34. The summed E-state index contributed by atoms with van der Waals surface area (Å²) in [5, 5.41) is 12.5. The number of alkyl halides is 3. The molecule has 1 aliphatic heterocycles. The molecule has 0 unspecified atom stereocenters. The van der Waals surface area contributed by atoms with Crippen molar-refractivity contribution in [1.29, 1.82) is 0 Å². The number of halogens is 4. The Labute approximate surface area is 146 Å². The monoisotopic (exact) mass is 378 g/mol. The molecule has 3 rings (SSSR count). The smallest absolute Gasteiger partial charge is 0.320 e. The fourth-order valence-corrected chi connectivity index (χ4v) is 3.00. The van der Waals surface area contributed by atoms with Gasteiger partial charge in [-0.2, -0.15) is 18.3 Å². The lowest BCUT2D eigenvalue weighted by atomic mass is 10.1. The number of benzene rings is 1. The number of H-pyrrole nitrogens is 1. The van der Waals surface area contributed by atoms with Crippen molar-refractivity contribution in [3.63, 3.8) is 0 Å². The van der Waals surface area contributed by atoms with Gasteiger partial charge in [-0.15, -0.1) is 12.4 Å². The number of rotatable bonds is 3. The van der Waals surface area contributed by atoms with E-state index in [0.29, 0.717) is 6.54 Å². The van der Waals surface area contributed by atoms with Gasteiger partial charge in [-0.1, -0.05) is 12.1 Å². The highest BCUT2D eigenvalue weighted by molar-refractivity contribution is 8.00. The Hall–Kier alpha value is -1.71. The molecule has 0 saturated heterocycles. The lowest BCUT2D eigenvalue weighted by Crippen LogP contribution is -2.25. The van der Waals surface area contributed by atoms with Crippen LogP contribution in [0.15, 0.2) is 29.2 Å². The molecule has 1 aromatic carbocycles. The zero-order chi connectivity index (χ0) is 16.4. The van der Waals surface area contributed by atoms with Gasteiger partial charge in [0.05, 0.1) is 5.69 Å². The topological polar surface area (TPSA) is 69.8 Å². The van der Waals surface area contributed by atoms with Crippen molar-refractivity contribution in [3.8, 4) is 0 Å². The van der Waals surface area contributed by atoms with E-state index in [2.05, 4.69) is 20.8 Å². The third-order valence-corrected chi connectivity index (χ3v) is 4.19. The van der Waals surface area contributed by atoms with Gasteiger partial charge in [0.2, 0.25) is 0 Å². The number of anilines is 1. The normalized spacial score (nSPS) is 13.8. The molecule has 0 atom stereocenters. The Balaban J connectivity index is 0.00000208. The summed E-state index contributed by atoms with van der Waals surface area (Å²) in [4.78, 5) is 12.3. The summed E-state index contributed by atoms with van der Waals surface area (Å²) in [6, 6.07) is 5.81. The average molecular weight is 379 g/mol. The average Bonchev–Trinajstić information content (AvgIpc) is 2.92. The summed E-state index contributed by atoms with van der Waals surface area (Å²) in [5.41, 5.74) is -2.46. The maximum absolute atomic E-state index is 12.6. The summed E-state index contributed by atoms with van der Waals surface area (Å²) in [6.07, 6.45) is 0.732. The zero-order valence-corrected chi connectivity index (χ0v) is 13.9. The Kier molecular flexibility index (Phi) is 5.79. The third-order valence-electron chi connectivity index (χ3n) is 3.38. The van der Waals surface area contributed by atoms with Crippen molar-refractivity contribution in [2.45, 2.75) is 23.4 Å². The molecule has 10 heteroatoms. The first-order valence-corrected chi connectivity index (χ1v) is 7.68. The second kappa shape index (κ2) is 7.45. The van der Waals surface area contributed by atoms with Gasteiger partial charge in [0, 0.05) is 35.7 Å². The molecule has 0 fully saturated rings. The van der Waals surface area contributed by atoms with Gasteiger partial charge in [0.1, 0.15) is 0 Å². The number of aromatic nitrogens is 2. The number of amides is 1. The summed E-state index contributed by atoms with van der Waals surface area (Å²) >= 11 is -0.260. The minimum Gasteiger partial charge on any atom is -0.320 e. The van der Waals surface area contributed by atoms with Crippen molar-refractivity contribution in [1.82, 2.24) is 15.5 Å². The van der Waals surface area contributed by atoms with Crippen LogP contribution in [0.3, 0.4) is 0 Å². The second-order valence-corrected chi connectivity index (χ2v) is 6.06. The van der Waals surface area contributed by atoms with Gasteiger partial charge in [-0.25, -0.2) is 0 Å². The molecule has 24 heavy (non-hydrogen) atoms. The van der Waals surface area contributed by atoms with Crippen LogP contribution in [-0.4, -0.2) is 28.2 Å². The van der Waals surface area contributed by atoms with E-state index in [4.69, 9.17) is 0 Å². The molecular formula is C14H14ClF3N4OS. The Morgan fingerprint density at radius 1 is 1.29 bits per heavy atom. The highest BCUT2D eigenvalue weighted by Gasteiger charge is 2.31. The first-order valence-electron chi connectivity index (χ1n) is 6.87. The summed E-state index contributed by atoms with van der Waals surface area (Å²) in [7, 11) is 0. The van der Waals surface area contributed by atoms with Crippen molar-refractivity contribution in [2.24, 2.45) is 0 Å².